The van der Waals surface area contributed by atoms with E-state index >= 15 is 0 Å². The summed E-state index contributed by atoms with van der Waals surface area (Å²) in [5.74, 6) is 0.769. The first kappa shape index (κ1) is 21.4. The lowest BCUT2D eigenvalue weighted by Gasteiger charge is -2.24. The maximum absolute atomic E-state index is 11.9. The third kappa shape index (κ3) is 3.93. The van der Waals surface area contributed by atoms with Crippen LogP contribution in [-0.4, -0.2) is 39.1 Å². The smallest absolute Gasteiger partial charge is 0.423 e. The van der Waals surface area contributed by atoms with Gasteiger partial charge in [-0.25, -0.2) is 4.98 Å². The lowest BCUT2D eigenvalue weighted by molar-refractivity contribution is 0.0999. The molecule has 3 heterocycles. The molecule has 33 heavy (non-hydrogen) atoms. The summed E-state index contributed by atoms with van der Waals surface area (Å²) in [6, 6.07) is 12.7. The van der Waals surface area contributed by atoms with Crippen LogP contribution in [0.15, 0.2) is 42.5 Å². The van der Waals surface area contributed by atoms with Gasteiger partial charge in [0.2, 0.25) is 11.9 Å². The second kappa shape index (κ2) is 8.47. The molecule has 0 saturated carbocycles. The Bertz CT molecular complexity index is 1240. The zero-order chi connectivity index (χ0) is 23.1. The molecule has 1 aromatic heterocycles. The number of fused-ring (bicyclic) bond motifs is 2. The Morgan fingerprint density at radius 1 is 1.21 bits per heavy atom. The van der Waals surface area contributed by atoms with Gasteiger partial charge in [0.05, 0.1) is 18.9 Å². The van der Waals surface area contributed by atoms with Crippen LogP contribution >= 0.6 is 0 Å². The van der Waals surface area contributed by atoms with E-state index in [1.54, 1.807) is 24.3 Å². The summed E-state index contributed by atoms with van der Waals surface area (Å²) >= 11 is 0. The van der Waals surface area contributed by atoms with Crippen molar-refractivity contribution in [1.82, 2.24) is 9.97 Å². The Labute approximate surface area is 191 Å². The molecule has 0 spiro atoms. The third-order valence-corrected chi connectivity index (χ3v) is 6.11. The van der Waals surface area contributed by atoms with Gasteiger partial charge >= 0.3 is 7.12 Å². The number of rotatable bonds is 6. The van der Waals surface area contributed by atoms with Crippen molar-refractivity contribution in [2.75, 3.05) is 10.2 Å². The largest absolute Gasteiger partial charge is 0.488 e. The lowest BCUT2D eigenvalue weighted by atomic mass is 9.80. The molecular formula is C23H24BN5O4. The fraction of sp³-hybridized carbons (Fsp3) is 0.261. The van der Waals surface area contributed by atoms with Crippen LogP contribution in [-0.2, 0) is 30.9 Å². The van der Waals surface area contributed by atoms with Gasteiger partial charge in [0.15, 0.2) is 0 Å². The average molecular weight is 445 g/mol. The van der Waals surface area contributed by atoms with E-state index in [0.717, 1.165) is 28.1 Å². The Hall–Kier alpha value is -3.47. The van der Waals surface area contributed by atoms with E-state index in [-0.39, 0.29) is 6.04 Å². The van der Waals surface area contributed by atoms with Crippen molar-refractivity contribution in [2.24, 2.45) is 5.73 Å². The van der Waals surface area contributed by atoms with Gasteiger partial charge in [-0.05, 0) is 42.1 Å². The highest BCUT2D eigenvalue weighted by molar-refractivity contribution is 6.58. The molecule has 5 N–H and O–H groups in total. The molecule has 0 saturated heterocycles. The van der Waals surface area contributed by atoms with Crippen molar-refractivity contribution < 1.29 is 19.6 Å². The molecule has 0 radical (unpaired) electrons. The van der Waals surface area contributed by atoms with Crippen LogP contribution in [0.4, 0.5) is 17.5 Å². The molecule has 2 aromatic carbocycles. The number of amides is 1. The molecule has 0 bridgehead atoms. The van der Waals surface area contributed by atoms with Gasteiger partial charge < -0.3 is 30.7 Å². The molecule has 1 unspecified atom stereocenters. The molecule has 1 atom stereocenters. The predicted octanol–water partition coefficient (Wildman–Crippen LogP) is 0.980. The minimum absolute atomic E-state index is 0.0523. The number of benzene rings is 2. The van der Waals surface area contributed by atoms with Gasteiger partial charge in [0.25, 0.3) is 0 Å². The van der Waals surface area contributed by atoms with E-state index in [4.69, 9.17) is 20.4 Å². The van der Waals surface area contributed by atoms with Gasteiger partial charge in [0.1, 0.15) is 5.82 Å². The molecule has 0 aliphatic carbocycles. The number of nitrogens with zero attached hydrogens (tertiary/aromatic N) is 3. The SMILES string of the molecule is CC1Cc2c(C(N)=O)cccc2N1c1nc2c(c(NCc3cccc(B(O)O)c3)n1)COC2. The van der Waals surface area contributed by atoms with Crippen LogP contribution in [0, 0.1) is 0 Å². The fourth-order valence-corrected chi connectivity index (χ4v) is 4.52. The Balaban J connectivity index is 1.49. The van der Waals surface area contributed by atoms with Gasteiger partial charge in [-0.1, -0.05) is 30.3 Å². The highest BCUT2D eigenvalue weighted by atomic mass is 16.5. The van der Waals surface area contributed by atoms with Crippen LogP contribution < -0.4 is 21.4 Å². The van der Waals surface area contributed by atoms with Crippen LogP contribution in [0.1, 0.15) is 39.7 Å². The van der Waals surface area contributed by atoms with E-state index in [9.17, 15) is 14.8 Å². The number of aromatic nitrogens is 2. The summed E-state index contributed by atoms with van der Waals surface area (Å²) in [5.41, 5.74) is 11.0. The number of ether oxygens (including phenoxy) is 1. The molecule has 1 amide bonds. The highest BCUT2D eigenvalue weighted by Gasteiger charge is 2.33. The summed E-state index contributed by atoms with van der Waals surface area (Å²) in [5, 5.41) is 22.2. The number of anilines is 3. The molecule has 0 fully saturated rings. The minimum Gasteiger partial charge on any atom is -0.423 e. The maximum atomic E-state index is 11.9. The quantitative estimate of drug-likeness (QED) is 0.413. The average Bonchev–Trinajstić information content (AvgIpc) is 3.40. The minimum atomic E-state index is -1.52. The van der Waals surface area contributed by atoms with Crippen molar-refractivity contribution in [3.05, 3.63) is 70.4 Å². The van der Waals surface area contributed by atoms with Gasteiger partial charge in [-0.2, -0.15) is 4.98 Å². The van der Waals surface area contributed by atoms with Crippen molar-refractivity contribution >= 4 is 35.9 Å². The number of carbonyl (C=O) groups excluding carboxylic acids is 1. The number of nitrogens with one attached hydrogen (secondary N) is 1. The summed E-state index contributed by atoms with van der Waals surface area (Å²) in [6.07, 6.45) is 0.671. The summed E-state index contributed by atoms with van der Waals surface area (Å²) in [4.78, 5) is 23.6. The molecule has 3 aromatic rings. The molecule has 5 rings (SSSR count). The van der Waals surface area contributed by atoms with Crippen LogP contribution in [0.3, 0.4) is 0 Å². The zero-order valence-corrected chi connectivity index (χ0v) is 18.2. The first-order chi connectivity index (χ1) is 15.9. The van der Waals surface area contributed by atoms with E-state index in [2.05, 4.69) is 12.2 Å². The Kier molecular flexibility index (Phi) is 5.49. The molecule has 9 nitrogen and oxygen atoms in total. The summed E-state index contributed by atoms with van der Waals surface area (Å²) in [6.45, 7) is 3.34. The molecule has 2 aliphatic heterocycles. The second-order valence-electron chi connectivity index (χ2n) is 8.35. The molecule has 168 valence electrons. The molecule has 10 heteroatoms. The lowest BCUT2D eigenvalue weighted by Crippen LogP contribution is -2.30. The van der Waals surface area contributed by atoms with Crippen LogP contribution in [0.5, 0.6) is 0 Å². The third-order valence-electron chi connectivity index (χ3n) is 6.11. The monoisotopic (exact) mass is 445 g/mol. The normalized spacial score (nSPS) is 16.5. The topological polar surface area (TPSA) is 134 Å². The maximum Gasteiger partial charge on any atom is 0.488 e. The zero-order valence-electron chi connectivity index (χ0n) is 18.2. The predicted molar refractivity (Wildman–Crippen MR) is 124 cm³/mol. The highest BCUT2D eigenvalue weighted by Crippen LogP contribution is 2.40. The van der Waals surface area contributed by atoms with Crippen molar-refractivity contribution in [3.8, 4) is 0 Å². The van der Waals surface area contributed by atoms with Gasteiger partial charge in [0, 0.05) is 29.4 Å². The Morgan fingerprint density at radius 2 is 2.03 bits per heavy atom. The molecule has 2 aliphatic rings. The van der Waals surface area contributed by atoms with Crippen LogP contribution in [0.2, 0.25) is 0 Å². The second-order valence-corrected chi connectivity index (χ2v) is 8.35. The number of carbonyl (C=O) groups is 1. The van der Waals surface area contributed by atoms with E-state index in [0.29, 0.717) is 49.0 Å². The van der Waals surface area contributed by atoms with E-state index in [1.165, 1.54) is 0 Å². The number of nitrogens with two attached hydrogens (primary N) is 1. The summed E-state index contributed by atoms with van der Waals surface area (Å²) < 4.78 is 5.63. The van der Waals surface area contributed by atoms with Crippen molar-refractivity contribution in [1.29, 1.82) is 0 Å². The van der Waals surface area contributed by atoms with Crippen LogP contribution in [0.25, 0.3) is 0 Å². The Morgan fingerprint density at radius 3 is 2.82 bits per heavy atom. The number of hydrogen-bond donors (Lipinski definition) is 4. The van der Waals surface area contributed by atoms with Crippen molar-refractivity contribution in [2.45, 2.75) is 39.1 Å². The van der Waals surface area contributed by atoms with E-state index < -0.39 is 13.0 Å². The van der Waals surface area contributed by atoms with E-state index in [1.807, 2.05) is 23.1 Å². The first-order valence-corrected chi connectivity index (χ1v) is 10.8. The fourth-order valence-electron chi connectivity index (χ4n) is 4.52. The standard InChI is InChI=1S/C23H24BN5O4/c1-13-8-17-16(21(25)30)6-3-7-20(17)29(13)23-27-19-12-33-11-18(19)22(28-23)26-10-14-4-2-5-15(9-14)24(31)32/h2-7,9,13,31-32H,8,10-12H2,1H3,(H2,25,30)(H,26,27,28). The number of hydrogen-bond acceptors (Lipinski definition) is 8. The molecular weight excluding hydrogens is 421 g/mol. The first-order valence-electron chi connectivity index (χ1n) is 10.8. The van der Waals surface area contributed by atoms with Gasteiger partial charge in [-0.3, -0.25) is 4.79 Å². The summed E-state index contributed by atoms with van der Waals surface area (Å²) in [7, 11) is -1.52. The number of primary amides is 1. The van der Waals surface area contributed by atoms with Gasteiger partial charge in [-0.15, -0.1) is 0 Å². The van der Waals surface area contributed by atoms with Crippen molar-refractivity contribution in [3.63, 3.8) is 0 Å².